The zero-order chi connectivity index (χ0) is 17.1. The summed E-state index contributed by atoms with van der Waals surface area (Å²) in [6.45, 7) is 6.53. The van der Waals surface area contributed by atoms with Gasteiger partial charge in [0.15, 0.2) is 0 Å². The molecule has 0 radical (unpaired) electrons. The Morgan fingerprint density at radius 2 is 1.79 bits per heavy atom. The molecular weight excluding hydrogens is 302 g/mol. The van der Waals surface area contributed by atoms with Gasteiger partial charge in [0.2, 0.25) is 5.91 Å². The van der Waals surface area contributed by atoms with Crippen molar-refractivity contribution in [3.05, 3.63) is 36.0 Å². The maximum absolute atomic E-state index is 12.7. The van der Waals surface area contributed by atoms with Crippen LogP contribution in [0.15, 0.2) is 30.3 Å². The molecule has 24 heavy (non-hydrogen) atoms. The number of hydrogen-bond donors (Lipinski definition) is 1. The molecular formula is C19H25N3O2. The maximum Gasteiger partial charge on any atom is 0.270 e. The molecule has 3 rings (SSSR count). The van der Waals surface area contributed by atoms with Crippen LogP contribution in [0.3, 0.4) is 0 Å². The molecule has 1 aliphatic rings. The number of piperazine rings is 1. The molecule has 0 bridgehead atoms. The highest BCUT2D eigenvalue weighted by Crippen LogP contribution is 2.18. The molecule has 0 aliphatic carbocycles. The van der Waals surface area contributed by atoms with Crippen molar-refractivity contribution in [3.8, 4) is 0 Å². The van der Waals surface area contributed by atoms with Gasteiger partial charge in [-0.25, -0.2) is 0 Å². The van der Waals surface area contributed by atoms with E-state index in [1.807, 2.05) is 47.1 Å². The predicted molar refractivity (Wildman–Crippen MR) is 94.9 cm³/mol. The number of aromatic nitrogens is 1. The number of hydrogen-bond acceptors (Lipinski definition) is 2. The largest absolute Gasteiger partial charge is 0.351 e. The van der Waals surface area contributed by atoms with Gasteiger partial charge in [-0.1, -0.05) is 38.5 Å². The first-order valence-corrected chi connectivity index (χ1v) is 8.76. The molecule has 0 saturated carbocycles. The number of amides is 2. The molecule has 1 N–H and O–H groups in total. The van der Waals surface area contributed by atoms with Crippen LogP contribution in [0.2, 0.25) is 0 Å². The zero-order valence-corrected chi connectivity index (χ0v) is 14.4. The summed E-state index contributed by atoms with van der Waals surface area (Å²) >= 11 is 0. The van der Waals surface area contributed by atoms with E-state index in [-0.39, 0.29) is 17.7 Å². The second-order valence-electron chi connectivity index (χ2n) is 6.58. The molecule has 5 heteroatoms. The lowest BCUT2D eigenvalue weighted by Gasteiger charge is -2.35. The van der Waals surface area contributed by atoms with E-state index in [9.17, 15) is 9.59 Å². The van der Waals surface area contributed by atoms with Crippen LogP contribution < -0.4 is 0 Å². The second-order valence-corrected chi connectivity index (χ2v) is 6.58. The van der Waals surface area contributed by atoms with Crippen molar-refractivity contribution in [2.75, 3.05) is 26.2 Å². The van der Waals surface area contributed by atoms with E-state index in [2.05, 4.69) is 11.9 Å². The van der Waals surface area contributed by atoms with Crippen LogP contribution >= 0.6 is 0 Å². The normalized spacial score (nSPS) is 16.4. The maximum atomic E-state index is 12.7. The van der Waals surface area contributed by atoms with Crippen molar-refractivity contribution >= 4 is 22.7 Å². The summed E-state index contributed by atoms with van der Waals surface area (Å²) in [6.07, 6.45) is 1.94. The molecule has 5 nitrogen and oxygen atoms in total. The number of H-pyrrole nitrogens is 1. The molecule has 1 saturated heterocycles. The summed E-state index contributed by atoms with van der Waals surface area (Å²) in [7, 11) is 0. The average Bonchev–Trinajstić information content (AvgIpc) is 3.05. The van der Waals surface area contributed by atoms with E-state index in [4.69, 9.17) is 0 Å². The Morgan fingerprint density at radius 3 is 2.46 bits per heavy atom. The van der Waals surface area contributed by atoms with Gasteiger partial charge < -0.3 is 14.8 Å². The van der Waals surface area contributed by atoms with Crippen LogP contribution in [0.1, 0.15) is 37.2 Å². The van der Waals surface area contributed by atoms with Gasteiger partial charge in [0, 0.05) is 43.0 Å². The monoisotopic (exact) mass is 327 g/mol. The van der Waals surface area contributed by atoms with Gasteiger partial charge in [-0.2, -0.15) is 0 Å². The Hall–Kier alpha value is -2.30. The summed E-state index contributed by atoms with van der Waals surface area (Å²) in [5.74, 6) is 0.306. The highest BCUT2D eigenvalue weighted by Gasteiger charge is 2.27. The Kier molecular flexibility index (Phi) is 4.88. The molecule has 1 fully saturated rings. The quantitative estimate of drug-likeness (QED) is 0.939. The highest BCUT2D eigenvalue weighted by atomic mass is 16.2. The first kappa shape index (κ1) is 16.6. The van der Waals surface area contributed by atoms with Gasteiger partial charge in [-0.3, -0.25) is 9.59 Å². The molecule has 2 heterocycles. The number of para-hydroxylation sites is 1. The smallest absolute Gasteiger partial charge is 0.270 e. The lowest BCUT2D eigenvalue weighted by atomic mass is 10.0. The number of benzene rings is 1. The van der Waals surface area contributed by atoms with Crippen molar-refractivity contribution in [2.24, 2.45) is 5.92 Å². The van der Waals surface area contributed by atoms with E-state index >= 15 is 0 Å². The molecule has 2 amide bonds. The molecule has 0 unspecified atom stereocenters. The van der Waals surface area contributed by atoms with Crippen LogP contribution in [0.4, 0.5) is 0 Å². The van der Waals surface area contributed by atoms with Crippen LogP contribution in [-0.4, -0.2) is 52.8 Å². The standard InChI is InChI=1S/C19H25N3O2/c1-3-6-14(2)18(23)21-9-11-22(12-10-21)19(24)17-13-15-7-4-5-8-16(15)20-17/h4-5,7-8,13-14,20H,3,6,9-12H2,1-2H3/t14-/m1/s1. The minimum Gasteiger partial charge on any atom is -0.351 e. The van der Waals surface area contributed by atoms with Crippen molar-refractivity contribution in [2.45, 2.75) is 26.7 Å². The van der Waals surface area contributed by atoms with Gasteiger partial charge in [-0.05, 0) is 18.6 Å². The summed E-state index contributed by atoms with van der Waals surface area (Å²) < 4.78 is 0. The number of nitrogens with one attached hydrogen (secondary N) is 1. The third-order valence-corrected chi connectivity index (χ3v) is 4.78. The predicted octanol–water partition coefficient (Wildman–Crippen LogP) is 2.89. The summed E-state index contributed by atoms with van der Waals surface area (Å²) in [5, 5.41) is 1.04. The third-order valence-electron chi connectivity index (χ3n) is 4.78. The number of aromatic amines is 1. The summed E-state index contributed by atoms with van der Waals surface area (Å²) in [5.41, 5.74) is 1.60. The van der Waals surface area contributed by atoms with Crippen LogP contribution in [0.5, 0.6) is 0 Å². The average molecular weight is 327 g/mol. The minimum absolute atomic E-state index is 0.0138. The van der Waals surface area contributed by atoms with Crippen molar-refractivity contribution in [1.29, 1.82) is 0 Å². The van der Waals surface area contributed by atoms with Crippen molar-refractivity contribution < 1.29 is 9.59 Å². The van der Waals surface area contributed by atoms with E-state index in [1.165, 1.54) is 0 Å². The second kappa shape index (κ2) is 7.07. The van der Waals surface area contributed by atoms with E-state index in [0.29, 0.717) is 31.9 Å². The highest BCUT2D eigenvalue weighted by molar-refractivity contribution is 5.98. The van der Waals surface area contributed by atoms with E-state index in [1.54, 1.807) is 0 Å². The lowest BCUT2D eigenvalue weighted by Crippen LogP contribution is -2.51. The molecule has 1 atom stereocenters. The molecule has 2 aromatic rings. The lowest BCUT2D eigenvalue weighted by molar-refractivity contribution is -0.136. The first-order valence-electron chi connectivity index (χ1n) is 8.76. The molecule has 1 aromatic heterocycles. The Bertz CT molecular complexity index is 696. The Morgan fingerprint density at radius 1 is 1.12 bits per heavy atom. The fourth-order valence-electron chi connectivity index (χ4n) is 3.36. The van der Waals surface area contributed by atoms with Crippen LogP contribution in [-0.2, 0) is 4.79 Å². The van der Waals surface area contributed by atoms with Gasteiger partial charge >= 0.3 is 0 Å². The number of carbonyl (C=O) groups excluding carboxylic acids is 2. The van der Waals surface area contributed by atoms with Crippen LogP contribution in [0, 0.1) is 5.92 Å². The van der Waals surface area contributed by atoms with Gasteiger partial charge in [0.05, 0.1) is 0 Å². The van der Waals surface area contributed by atoms with Gasteiger partial charge in [0.1, 0.15) is 5.69 Å². The fourth-order valence-corrected chi connectivity index (χ4v) is 3.36. The number of fused-ring (bicyclic) bond motifs is 1. The van der Waals surface area contributed by atoms with Crippen molar-refractivity contribution in [3.63, 3.8) is 0 Å². The first-order chi connectivity index (χ1) is 11.6. The van der Waals surface area contributed by atoms with Crippen molar-refractivity contribution in [1.82, 2.24) is 14.8 Å². The molecule has 1 aromatic carbocycles. The van der Waals surface area contributed by atoms with E-state index < -0.39 is 0 Å². The Labute approximate surface area is 142 Å². The van der Waals surface area contributed by atoms with Crippen LogP contribution in [0.25, 0.3) is 10.9 Å². The minimum atomic E-state index is 0.0138. The number of carbonyl (C=O) groups is 2. The molecule has 1 aliphatic heterocycles. The van der Waals surface area contributed by atoms with Gasteiger partial charge in [0.25, 0.3) is 5.91 Å². The molecule has 0 spiro atoms. The topological polar surface area (TPSA) is 56.4 Å². The van der Waals surface area contributed by atoms with E-state index in [0.717, 1.165) is 23.7 Å². The molecule has 128 valence electrons. The summed E-state index contributed by atoms with van der Waals surface area (Å²) in [4.78, 5) is 32.0. The zero-order valence-electron chi connectivity index (χ0n) is 14.4. The number of rotatable bonds is 4. The third kappa shape index (κ3) is 3.30. The summed E-state index contributed by atoms with van der Waals surface area (Å²) in [6, 6.07) is 9.78. The SMILES string of the molecule is CCC[C@@H](C)C(=O)N1CCN(C(=O)c2cc3ccccc3[nH]2)CC1. The Balaban J connectivity index is 1.62. The number of nitrogens with zero attached hydrogens (tertiary/aromatic N) is 2. The van der Waals surface area contributed by atoms with Gasteiger partial charge in [-0.15, -0.1) is 0 Å². The fraction of sp³-hybridized carbons (Fsp3) is 0.474.